The van der Waals surface area contributed by atoms with Gasteiger partial charge in [-0.25, -0.2) is 4.98 Å². The lowest BCUT2D eigenvalue weighted by molar-refractivity contribution is -0.133. The molecular formula is C22H24N4O2S. The fraction of sp³-hybridized carbons (Fsp3) is 0.318. The SMILES string of the molecule is Cc1nccn1Cc1ccc(NC(=O)CCC(=O)N2CCc3sccc3C2)cc1. The number of carbonyl (C=O) groups excluding carboxylic acids is 2. The molecule has 4 rings (SSSR count). The topological polar surface area (TPSA) is 67.2 Å². The number of rotatable bonds is 6. The molecule has 3 heterocycles. The first kappa shape index (κ1) is 19.4. The van der Waals surface area contributed by atoms with Crippen LogP contribution in [0.3, 0.4) is 0 Å². The van der Waals surface area contributed by atoms with E-state index in [1.165, 1.54) is 10.4 Å². The Bertz CT molecular complexity index is 1010. The van der Waals surface area contributed by atoms with Crippen LogP contribution >= 0.6 is 11.3 Å². The second kappa shape index (κ2) is 8.61. The Balaban J connectivity index is 1.24. The highest BCUT2D eigenvalue weighted by Gasteiger charge is 2.21. The molecule has 6 nitrogen and oxygen atoms in total. The number of amides is 2. The molecule has 0 fully saturated rings. The van der Waals surface area contributed by atoms with Gasteiger partial charge < -0.3 is 14.8 Å². The van der Waals surface area contributed by atoms with Crippen LogP contribution in [0.4, 0.5) is 5.69 Å². The van der Waals surface area contributed by atoms with Crippen LogP contribution in [0.2, 0.25) is 0 Å². The fourth-order valence-corrected chi connectivity index (χ4v) is 4.41. The molecule has 150 valence electrons. The second-order valence-corrected chi connectivity index (χ2v) is 8.28. The van der Waals surface area contributed by atoms with Crippen molar-refractivity contribution in [3.05, 3.63) is 69.9 Å². The predicted octanol–water partition coefficient (Wildman–Crippen LogP) is 3.60. The maximum atomic E-state index is 12.5. The highest BCUT2D eigenvalue weighted by Crippen LogP contribution is 2.24. The third-order valence-electron chi connectivity index (χ3n) is 5.24. The summed E-state index contributed by atoms with van der Waals surface area (Å²) in [6.07, 6.45) is 5.08. The van der Waals surface area contributed by atoms with Crippen LogP contribution in [0, 0.1) is 6.92 Å². The highest BCUT2D eigenvalue weighted by atomic mass is 32.1. The maximum absolute atomic E-state index is 12.5. The van der Waals surface area contributed by atoms with Gasteiger partial charge in [-0.2, -0.15) is 0 Å². The number of nitrogens with one attached hydrogen (secondary N) is 1. The number of benzene rings is 1. The molecule has 2 aromatic heterocycles. The van der Waals surface area contributed by atoms with E-state index >= 15 is 0 Å². The summed E-state index contributed by atoms with van der Waals surface area (Å²) in [4.78, 5) is 32.2. The fourth-order valence-electron chi connectivity index (χ4n) is 3.52. The Hall–Kier alpha value is -2.93. The van der Waals surface area contributed by atoms with Crippen LogP contribution in [-0.2, 0) is 29.1 Å². The molecule has 0 aliphatic carbocycles. The normalized spacial score (nSPS) is 13.2. The second-order valence-electron chi connectivity index (χ2n) is 7.28. The minimum atomic E-state index is -0.134. The van der Waals surface area contributed by atoms with Gasteiger partial charge >= 0.3 is 0 Å². The van der Waals surface area contributed by atoms with Crippen LogP contribution in [0.15, 0.2) is 48.1 Å². The monoisotopic (exact) mass is 408 g/mol. The summed E-state index contributed by atoms with van der Waals surface area (Å²) in [5.41, 5.74) is 3.12. The number of imidazole rings is 1. The van der Waals surface area contributed by atoms with Crippen molar-refractivity contribution in [1.29, 1.82) is 0 Å². The Labute approximate surface area is 174 Å². The quantitative estimate of drug-likeness (QED) is 0.678. The van der Waals surface area contributed by atoms with Crippen molar-refractivity contribution in [1.82, 2.24) is 14.5 Å². The standard InChI is InChI=1S/C22H24N4O2S/c1-16-23-10-12-25(16)14-17-2-4-19(5-3-17)24-21(27)6-7-22(28)26-11-8-20-18(15-26)9-13-29-20/h2-5,9-10,12-13H,6-8,11,14-15H2,1H3,(H,24,27). The van der Waals surface area contributed by atoms with Gasteiger partial charge in [0.05, 0.1) is 0 Å². The number of thiophene rings is 1. The lowest BCUT2D eigenvalue weighted by Gasteiger charge is -2.27. The van der Waals surface area contributed by atoms with Gasteiger partial charge in [0.25, 0.3) is 0 Å². The molecule has 0 saturated heterocycles. The Morgan fingerprint density at radius 1 is 1.17 bits per heavy atom. The summed E-state index contributed by atoms with van der Waals surface area (Å²) in [5.74, 6) is 0.879. The van der Waals surface area contributed by atoms with Gasteiger partial charge in [-0.15, -0.1) is 11.3 Å². The minimum absolute atomic E-state index is 0.0445. The molecule has 7 heteroatoms. The Morgan fingerprint density at radius 2 is 2.00 bits per heavy atom. The van der Waals surface area contributed by atoms with E-state index in [0.29, 0.717) is 6.54 Å². The number of aryl methyl sites for hydroxylation is 1. The maximum Gasteiger partial charge on any atom is 0.224 e. The van der Waals surface area contributed by atoms with Gasteiger partial charge in [-0.3, -0.25) is 9.59 Å². The van der Waals surface area contributed by atoms with Crippen molar-refractivity contribution in [3.63, 3.8) is 0 Å². The number of nitrogens with zero attached hydrogens (tertiary/aromatic N) is 3. The van der Waals surface area contributed by atoms with Crippen LogP contribution in [0.25, 0.3) is 0 Å². The van der Waals surface area contributed by atoms with E-state index < -0.39 is 0 Å². The molecule has 0 saturated carbocycles. The molecule has 2 amide bonds. The predicted molar refractivity (Wildman–Crippen MR) is 114 cm³/mol. The molecule has 1 aliphatic heterocycles. The summed E-state index contributed by atoms with van der Waals surface area (Å²) in [5, 5.41) is 4.96. The van der Waals surface area contributed by atoms with Gasteiger partial charge in [0.15, 0.2) is 0 Å². The van der Waals surface area contributed by atoms with E-state index in [4.69, 9.17) is 0 Å². The van der Waals surface area contributed by atoms with Gasteiger partial charge in [0.2, 0.25) is 11.8 Å². The molecular weight excluding hydrogens is 384 g/mol. The van der Waals surface area contributed by atoms with E-state index in [1.807, 2.05) is 42.3 Å². The largest absolute Gasteiger partial charge is 0.338 e. The average molecular weight is 409 g/mol. The van der Waals surface area contributed by atoms with E-state index in [1.54, 1.807) is 17.5 Å². The number of aromatic nitrogens is 2. The zero-order chi connectivity index (χ0) is 20.2. The van der Waals surface area contributed by atoms with E-state index in [-0.39, 0.29) is 24.7 Å². The molecule has 0 atom stereocenters. The molecule has 0 spiro atoms. The summed E-state index contributed by atoms with van der Waals surface area (Å²) >= 11 is 1.75. The van der Waals surface area contributed by atoms with Crippen molar-refractivity contribution in [2.24, 2.45) is 0 Å². The van der Waals surface area contributed by atoms with Crippen molar-refractivity contribution in [2.45, 2.75) is 39.3 Å². The lowest BCUT2D eigenvalue weighted by atomic mass is 10.1. The molecule has 3 aromatic rings. The number of anilines is 1. The van der Waals surface area contributed by atoms with Gasteiger partial charge in [0.1, 0.15) is 5.82 Å². The van der Waals surface area contributed by atoms with Crippen LogP contribution < -0.4 is 5.32 Å². The lowest BCUT2D eigenvalue weighted by Crippen LogP contribution is -2.35. The smallest absolute Gasteiger partial charge is 0.224 e. The first-order valence-corrected chi connectivity index (χ1v) is 10.7. The Morgan fingerprint density at radius 3 is 2.76 bits per heavy atom. The first-order chi connectivity index (χ1) is 14.1. The number of carbonyl (C=O) groups is 2. The van der Waals surface area contributed by atoms with Gasteiger partial charge in [0, 0.05) is 55.4 Å². The van der Waals surface area contributed by atoms with Gasteiger partial charge in [-0.05, 0) is 48.1 Å². The zero-order valence-electron chi connectivity index (χ0n) is 16.4. The van der Waals surface area contributed by atoms with Crippen LogP contribution in [0.1, 0.15) is 34.7 Å². The van der Waals surface area contributed by atoms with E-state index in [0.717, 1.165) is 36.6 Å². The molecule has 29 heavy (non-hydrogen) atoms. The first-order valence-electron chi connectivity index (χ1n) is 9.78. The van der Waals surface area contributed by atoms with Crippen molar-refractivity contribution < 1.29 is 9.59 Å². The number of hydrogen-bond donors (Lipinski definition) is 1. The summed E-state index contributed by atoms with van der Waals surface area (Å²) in [6.45, 7) is 4.12. The van der Waals surface area contributed by atoms with Crippen molar-refractivity contribution >= 4 is 28.8 Å². The number of hydrogen-bond acceptors (Lipinski definition) is 4. The Kier molecular flexibility index (Phi) is 5.76. The minimum Gasteiger partial charge on any atom is -0.338 e. The molecule has 0 unspecified atom stereocenters. The third-order valence-corrected chi connectivity index (χ3v) is 6.26. The molecule has 0 bridgehead atoms. The van der Waals surface area contributed by atoms with Gasteiger partial charge in [-0.1, -0.05) is 12.1 Å². The van der Waals surface area contributed by atoms with E-state index in [2.05, 4.69) is 26.3 Å². The summed E-state index contributed by atoms with van der Waals surface area (Å²) in [6, 6.07) is 9.86. The van der Waals surface area contributed by atoms with Crippen LogP contribution in [0.5, 0.6) is 0 Å². The highest BCUT2D eigenvalue weighted by molar-refractivity contribution is 7.10. The summed E-state index contributed by atoms with van der Waals surface area (Å²) < 4.78 is 2.07. The van der Waals surface area contributed by atoms with Crippen molar-refractivity contribution in [2.75, 3.05) is 11.9 Å². The number of fused-ring (bicyclic) bond motifs is 1. The average Bonchev–Trinajstić information content (AvgIpc) is 3.36. The molecule has 1 aliphatic rings. The summed E-state index contributed by atoms with van der Waals surface area (Å²) in [7, 11) is 0. The zero-order valence-corrected chi connectivity index (χ0v) is 17.2. The molecule has 1 N–H and O–H groups in total. The van der Waals surface area contributed by atoms with Crippen molar-refractivity contribution in [3.8, 4) is 0 Å². The van der Waals surface area contributed by atoms with E-state index in [9.17, 15) is 9.59 Å². The van der Waals surface area contributed by atoms with Crippen LogP contribution in [-0.4, -0.2) is 32.8 Å². The molecule has 0 radical (unpaired) electrons. The third kappa shape index (κ3) is 4.74. The molecule has 1 aromatic carbocycles.